The van der Waals surface area contributed by atoms with Crippen molar-refractivity contribution in [3.63, 3.8) is 0 Å². The number of anilines is 1. The Kier molecular flexibility index (Phi) is 3.39. The second kappa shape index (κ2) is 4.96. The molecule has 1 fully saturated rings. The number of hydrogen-bond donors (Lipinski definition) is 2. The number of carboxylic acids is 1. The van der Waals surface area contributed by atoms with Gasteiger partial charge in [-0.2, -0.15) is 0 Å². The molecule has 1 aromatic heterocycles. The lowest BCUT2D eigenvalue weighted by atomic mass is 10.2. The third-order valence-corrected chi connectivity index (χ3v) is 2.81. The van der Waals surface area contributed by atoms with Crippen LogP contribution in [0.1, 0.15) is 36.2 Å². The van der Waals surface area contributed by atoms with Gasteiger partial charge in [-0.1, -0.05) is 12.8 Å². The molecule has 2 N–H and O–H groups in total. The van der Waals surface area contributed by atoms with Crippen molar-refractivity contribution in [1.82, 2.24) is 4.98 Å². The van der Waals surface area contributed by atoms with Gasteiger partial charge in [-0.15, -0.1) is 0 Å². The number of carbonyl (C=O) groups is 1. The summed E-state index contributed by atoms with van der Waals surface area (Å²) in [6.07, 6.45) is 6.58. The Labute approximate surface area is 94.7 Å². The van der Waals surface area contributed by atoms with Gasteiger partial charge in [-0.05, 0) is 30.9 Å². The average molecular weight is 220 g/mol. The van der Waals surface area contributed by atoms with Crippen LogP contribution in [-0.2, 0) is 0 Å². The summed E-state index contributed by atoms with van der Waals surface area (Å²) in [5, 5.41) is 12.1. The Bertz CT molecular complexity index is 375. The maximum absolute atomic E-state index is 10.9. The van der Waals surface area contributed by atoms with Crippen LogP contribution in [0.2, 0.25) is 0 Å². The fourth-order valence-electron chi connectivity index (χ4n) is 1.74. The van der Waals surface area contributed by atoms with Crippen LogP contribution in [-0.4, -0.2) is 22.6 Å². The van der Waals surface area contributed by atoms with Gasteiger partial charge in [0.2, 0.25) is 0 Å². The summed E-state index contributed by atoms with van der Waals surface area (Å²) in [5.41, 5.74) is 0.722. The smallest absolute Gasteiger partial charge is 0.356 e. The van der Waals surface area contributed by atoms with Gasteiger partial charge in [-0.3, -0.25) is 0 Å². The summed E-state index contributed by atoms with van der Waals surface area (Å²) >= 11 is 0. The van der Waals surface area contributed by atoms with Crippen LogP contribution < -0.4 is 5.32 Å². The van der Waals surface area contributed by atoms with Crippen LogP contribution in [0.25, 0.3) is 0 Å². The van der Waals surface area contributed by atoms with E-state index in [9.17, 15) is 4.79 Å². The Morgan fingerprint density at radius 3 is 3.06 bits per heavy atom. The summed E-state index contributed by atoms with van der Waals surface area (Å²) in [6, 6.07) is 3.50. The predicted octanol–water partition coefficient (Wildman–Crippen LogP) is 2.38. The van der Waals surface area contributed by atoms with Crippen LogP contribution in [0.3, 0.4) is 0 Å². The van der Waals surface area contributed by atoms with Gasteiger partial charge in [0.1, 0.15) is 0 Å². The summed E-state index contributed by atoms with van der Waals surface area (Å²) in [7, 11) is 0. The molecule has 0 spiro atoms. The third kappa shape index (κ3) is 2.95. The molecule has 0 unspecified atom stereocenters. The van der Waals surface area contributed by atoms with Gasteiger partial charge in [0.05, 0.1) is 5.69 Å². The molecule has 1 aliphatic carbocycles. The van der Waals surface area contributed by atoms with Gasteiger partial charge < -0.3 is 10.4 Å². The Morgan fingerprint density at radius 2 is 2.38 bits per heavy atom. The highest BCUT2D eigenvalue weighted by Gasteiger charge is 2.20. The highest BCUT2D eigenvalue weighted by molar-refractivity contribution is 5.91. The molecule has 0 radical (unpaired) electrons. The lowest BCUT2D eigenvalue weighted by Crippen LogP contribution is -2.09. The van der Waals surface area contributed by atoms with Crippen LogP contribution in [0.5, 0.6) is 0 Å². The van der Waals surface area contributed by atoms with Crippen LogP contribution in [0.4, 0.5) is 5.69 Å². The van der Waals surface area contributed by atoms with Crippen molar-refractivity contribution in [2.24, 2.45) is 5.92 Å². The zero-order chi connectivity index (χ0) is 11.4. The van der Waals surface area contributed by atoms with Gasteiger partial charge in [0.15, 0.2) is 5.69 Å². The van der Waals surface area contributed by atoms with Crippen molar-refractivity contribution in [2.75, 3.05) is 11.9 Å². The third-order valence-electron chi connectivity index (χ3n) is 2.81. The van der Waals surface area contributed by atoms with E-state index >= 15 is 0 Å². The quantitative estimate of drug-likeness (QED) is 0.722. The maximum Gasteiger partial charge on any atom is 0.356 e. The van der Waals surface area contributed by atoms with E-state index in [1.54, 1.807) is 12.1 Å². The SMILES string of the molecule is O=C(O)c1ncccc1NCCCC1CC1. The van der Waals surface area contributed by atoms with Crippen molar-refractivity contribution in [3.05, 3.63) is 24.0 Å². The second-order valence-corrected chi connectivity index (χ2v) is 4.22. The predicted molar refractivity (Wildman–Crippen MR) is 61.6 cm³/mol. The molecule has 0 atom stereocenters. The molecule has 0 aliphatic heterocycles. The largest absolute Gasteiger partial charge is 0.476 e. The van der Waals surface area contributed by atoms with Crippen LogP contribution in [0.15, 0.2) is 18.3 Å². The van der Waals surface area contributed by atoms with Gasteiger partial charge in [0.25, 0.3) is 0 Å². The topological polar surface area (TPSA) is 62.2 Å². The highest BCUT2D eigenvalue weighted by atomic mass is 16.4. The van der Waals surface area contributed by atoms with Gasteiger partial charge >= 0.3 is 5.97 Å². The molecule has 1 aromatic rings. The number of pyridine rings is 1. The first kappa shape index (κ1) is 10.9. The van der Waals surface area contributed by atoms with Crippen molar-refractivity contribution in [2.45, 2.75) is 25.7 Å². The first-order valence-electron chi connectivity index (χ1n) is 5.69. The van der Waals surface area contributed by atoms with E-state index in [0.29, 0.717) is 5.69 Å². The molecule has 4 heteroatoms. The summed E-state index contributed by atoms with van der Waals surface area (Å²) in [6.45, 7) is 0.822. The number of rotatable bonds is 6. The number of carboxylic acid groups (broad SMARTS) is 1. The molecule has 2 rings (SSSR count). The number of nitrogens with zero attached hydrogens (tertiary/aromatic N) is 1. The van der Waals surface area contributed by atoms with Crippen molar-refractivity contribution in [3.8, 4) is 0 Å². The number of aromatic nitrogens is 1. The van der Waals surface area contributed by atoms with Crippen molar-refractivity contribution < 1.29 is 9.90 Å². The van der Waals surface area contributed by atoms with E-state index < -0.39 is 5.97 Å². The van der Waals surface area contributed by atoms with Crippen molar-refractivity contribution in [1.29, 1.82) is 0 Å². The van der Waals surface area contributed by atoms with Gasteiger partial charge in [-0.25, -0.2) is 9.78 Å². The molecule has 0 aromatic carbocycles. The Hall–Kier alpha value is -1.58. The summed E-state index contributed by atoms with van der Waals surface area (Å²) < 4.78 is 0. The highest BCUT2D eigenvalue weighted by Crippen LogP contribution is 2.33. The molecule has 0 saturated heterocycles. The molecule has 16 heavy (non-hydrogen) atoms. The van der Waals surface area contributed by atoms with E-state index in [1.807, 2.05) is 0 Å². The first-order chi connectivity index (χ1) is 7.77. The van der Waals surface area contributed by atoms with E-state index in [4.69, 9.17) is 5.11 Å². The number of nitrogens with one attached hydrogen (secondary N) is 1. The molecule has 1 heterocycles. The minimum atomic E-state index is -0.981. The van der Waals surface area contributed by atoms with E-state index in [0.717, 1.165) is 18.9 Å². The Balaban J connectivity index is 1.84. The Morgan fingerprint density at radius 1 is 1.56 bits per heavy atom. The van der Waals surface area contributed by atoms with E-state index in [-0.39, 0.29) is 5.69 Å². The molecule has 0 amide bonds. The molecular weight excluding hydrogens is 204 g/mol. The maximum atomic E-state index is 10.9. The summed E-state index contributed by atoms with van der Waals surface area (Å²) in [4.78, 5) is 14.7. The number of hydrogen-bond acceptors (Lipinski definition) is 3. The monoisotopic (exact) mass is 220 g/mol. The average Bonchev–Trinajstić information content (AvgIpc) is 3.08. The van der Waals surface area contributed by atoms with Crippen LogP contribution in [0, 0.1) is 5.92 Å². The standard InChI is InChI=1S/C12H16N2O2/c15-12(16)11-10(4-2-8-14-11)13-7-1-3-9-5-6-9/h2,4,8-9,13H,1,3,5-7H2,(H,15,16). The minimum absolute atomic E-state index is 0.105. The fourth-order valence-corrected chi connectivity index (χ4v) is 1.74. The minimum Gasteiger partial charge on any atom is -0.476 e. The fraction of sp³-hybridized carbons (Fsp3) is 0.500. The van der Waals surface area contributed by atoms with Crippen molar-refractivity contribution >= 4 is 11.7 Å². The summed E-state index contributed by atoms with van der Waals surface area (Å²) in [5.74, 6) is -0.0556. The van der Waals surface area contributed by atoms with E-state index in [1.165, 1.54) is 25.5 Å². The van der Waals surface area contributed by atoms with E-state index in [2.05, 4.69) is 10.3 Å². The second-order valence-electron chi connectivity index (χ2n) is 4.22. The molecule has 4 nitrogen and oxygen atoms in total. The molecule has 1 saturated carbocycles. The molecule has 1 aliphatic rings. The van der Waals surface area contributed by atoms with Gasteiger partial charge in [0, 0.05) is 12.7 Å². The van der Waals surface area contributed by atoms with Crippen LogP contribution >= 0.6 is 0 Å². The first-order valence-corrected chi connectivity index (χ1v) is 5.69. The molecular formula is C12H16N2O2. The lowest BCUT2D eigenvalue weighted by Gasteiger charge is -2.07. The lowest BCUT2D eigenvalue weighted by molar-refractivity contribution is 0.0691. The normalized spacial score (nSPS) is 14.8. The zero-order valence-electron chi connectivity index (χ0n) is 9.15. The molecule has 0 bridgehead atoms. The molecule has 86 valence electrons. The zero-order valence-corrected chi connectivity index (χ0v) is 9.15. The number of aromatic carboxylic acids is 1.